The molecule has 2 aliphatic rings. The lowest BCUT2D eigenvalue weighted by atomic mass is 9.78. The first-order valence-corrected chi connectivity index (χ1v) is 19.3. The van der Waals surface area contributed by atoms with Gasteiger partial charge in [-0.3, -0.25) is 9.59 Å². The Balaban J connectivity index is 1.47. The fourth-order valence-electron chi connectivity index (χ4n) is 6.68. The van der Waals surface area contributed by atoms with Crippen LogP contribution in [-0.4, -0.2) is 23.4 Å². The summed E-state index contributed by atoms with van der Waals surface area (Å²) < 4.78 is 19.7. The Bertz CT molecular complexity index is 1780. The van der Waals surface area contributed by atoms with E-state index in [9.17, 15) is 9.59 Å². The van der Waals surface area contributed by atoms with E-state index in [1.165, 1.54) is 0 Å². The Morgan fingerprint density at radius 2 is 1.10 bits per heavy atom. The molecule has 5 nitrogen and oxygen atoms in total. The van der Waals surface area contributed by atoms with Gasteiger partial charge in [0.1, 0.15) is 11.5 Å². The molecule has 262 valence electrons. The summed E-state index contributed by atoms with van der Waals surface area (Å²) in [6.45, 7) is 11.3. The summed E-state index contributed by atoms with van der Waals surface area (Å²) in [5, 5.41) is 0. The number of rotatable bonds is 9. The SMILES string of the molecule is CC(C)(C)C(=O)OC1(CCCS)c2ccccc2Oc2cc(-c3ccc4c(c3)Sc3ccccc3C4(CCCS)OC(=O)C(C)(C)C)ccc21. The van der Waals surface area contributed by atoms with E-state index < -0.39 is 22.0 Å². The molecule has 8 heteroatoms. The summed E-state index contributed by atoms with van der Waals surface area (Å²) in [4.78, 5) is 29.2. The van der Waals surface area contributed by atoms with Crippen molar-refractivity contribution in [3.05, 3.63) is 107 Å². The quantitative estimate of drug-likeness (QED) is 0.132. The highest BCUT2D eigenvalue weighted by Gasteiger charge is 2.48. The number of hydrogen-bond donors (Lipinski definition) is 2. The Hall–Kier alpha value is -3.33. The van der Waals surface area contributed by atoms with Gasteiger partial charge in [0.2, 0.25) is 0 Å². The van der Waals surface area contributed by atoms with Crippen LogP contribution in [0.5, 0.6) is 11.5 Å². The van der Waals surface area contributed by atoms with Gasteiger partial charge in [0, 0.05) is 32.0 Å². The highest BCUT2D eigenvalue weighted by molar-refractivity contribution is 7.99. The van der Waals surface area contributed by atoms with E-state index in [0.29, 0.717) is 35.8 Å². The first-order valence-electron chi connectivity index (χ1n) is 17.3. The van der Waals surface area contributed by atoms with E-state index in [1.807, 2.05) is 90.1 Å². The third-order valence-electron chi connectivity index (χ3n) is 9.38. The number of ether oxygens (including phenoxy) is 3. The minimum atomic E-state index is -1.02. The van der Waals surface area contributed by atoms with Gasteiger partial charge in [0.25, 0.3) is 0 Å². The first-order chi connectivity index (χ1) is 23.7. The van der Waals surface area contributed by atoms with Crippen molar-refractivity contribution in [3.63, 3.8) is 0 Å². The summed E-state index contributed by atoms with van der Waals surface area (Å²) >= 11 is 10.8. The Morgan fingerprint density at radius 3 is 1.70 bits per heavy atom. The molecule has 0 amide bonds. The number of para-hydroxylation sites is 1. The van der Waals surface area contributed by atoms with Gasteiger partial charge < -0.3 is 14.2 Å². The normalized spacial score (nSPS) is 19.3. The van der Waals surface area contributed by atoms with Gasteiger partial charge in [-0.2, -0.15) is 25.3 Å². The fraction of sp³-hybridized carbons (Fsp3) is 0.381. The maximum absolute atomic E-state index is 13.6. The predicted molar refractivity (Wildman–Crippen MR) is 208 cm³/mol. The fourth-order valence-corrected chi connectivity index (χ4v) is 8.26. The number of esters is 2. The van der Waals surface area contributed by atoms with Gasteiger partial charge in [-0.1, -0.05) is 72.4 Å². The van der Waals surface area contributed by atoms with Gasteiger partial charge >= 0.3 is 11.9 Å². The average Bonchev–Trinajstić information content (AvgIpc) is 3.08. The van der Waals surface area contributed by atoms with Crippen molar-refractivity contribution < 1.29 is 23.8 Å². The maximum atomic E-state index is 13.6. The Labute approximate surface area is 311 Å². The van der Waals surface area contributed by atoms with Crippen LogP contribution in [0.15, 0.2) is 94.7 Å². The zero-order chi connectivity index (χ0) is 35.9. The van der Waals surface area contributed by atoms with E-state index in [2.05, 4.69) is 61.7 Å². The van der Waals surface area contributed by atoms with Crippen LogP contribution in [0.3, 0.4) is 0 Å². The van der Waals surface area contributed by atoms with Crippen LogP contribution >= 0.6 is 37.0 Å². The molecule has 0 fully saturated rings. The van der Waals surface area contributed by atoms with Crippen molar-refractivity contribution in [2.75, 3.05) is 11.5 Å². The molecule has 0 N–H and O–H groups in total. The van der Waals surface area contributed by atoms with Gasteiger partial charge in [-0.05, 0) is 114 Å². The minimum absolute atomic E-state index is 0.242. The molecular weight excluding hydrogens is 681 g/mol. The molecule has 0 aromatic heterocycles. The lowest BCUT2D eigenvalue weighted by Gasteiger charge is -2.41. The molecule has 2 unspecified atom stereocenters. The summed E-state index contributed by atoms with van der Waals surface area (Å²) in [6, 6.07) is 28.6. The van der Waals surface area contributed by atoms with E-state index in [0.717, 1.165) is 56.0 Å². The molecule has 0 saturated heterocycles. The molecule has 4 aromatic carbocycles. The van der Waals surface area contributed by atoms with E-state index in [-0.39, 0.29) is 11.9 Å². The van der Waals surface area contributed by atoms with Crippen molar-refractivity contribution in [1.82, 2.24) is 0 Å². The van der Waals surface area contributed by atoms with Crippen molar-refractivity contribution in [2.45, 2.75) is 88.2 Å². The molecule has 2 heterocycles. The van der Waals surface area contributed by atoms with Crippen LogP contribution in [-0.2, 0) is 30.3 Å². The van der Waals surface area contributed by atoms with Crippen LogP contribution in [0.4, 0.5) is 0 Å². The summed E-state index contributed by atoms with van der Waals surface area (Å²) in [7, 11) is 0. The van der Waals surface area contributed by atoms with Gasteiger partial charge in [-0.25, -0.2) is 0 Å². The van der Waals surface area contributed by atoms with Crippen molar-refractivity contribution >= 4 is 49.0 Å². The van der Waals surface area contributed by atoms with E-state index in [1.54, 1.807) is 11.8 Å². The minimum Gasteiger partial charge on any atom is -0.456 e. The van der Waals surface area contributed by atoms with Crippen molar-refractivity contribution in [1.29, 1.82) is 0 Å². The number of fused-ring (bicyclic) bond motifs is 4. The first kappa shape index (κ1) is 36.5. The third kappa shape index (κ3) is 6.71. The van der Waals surface area contributed by atoms with Crippen LogP contribution in [0.1, 0.15) is 89.5 Å². The van der Waals surface area contributed by atoms with E-state index in [4.69, 9.17) is 14.2 Å². The lowest BCUT2D eigenvalue weighted by molar-refractivity contribution is -0.168. The highest BCUT2D eigenvalue weighted by Crippen LogP contribution is 2.55. The molecule has 50 heavy (non-hydrogen) atoms. The number of benzene rings is 4. The van der Waals surface area contributed by atoms with Gasteiger partial charge in [0.15, 0.2) is 11.2 Å². The Morgan fingerprint density at radius 1 is 0.620 bits per heavy atom. The highest BCUT2D eigenvalue weighted by atomic mass is 32.2. The molecule has 2 atom stereocenters. The Kier molecular flexibility index (Phi) is 10.2. The zero-order valence-corrected chi connectivity index (χ0v) is 32.3. The topological polar surface area (TPSA) is 61.8 Å². The second-order valence-corrected chi connectivity index (χ2v) is 17.2. The summed E-state index contributed by atoms with van der Waals surface area (Å²) in [5.74, 6) is 2.14. The molecule has 0 saturated carbocycles. The second-order valence-electron chi connectivity index (χ2n) is 15.2. The molecule has 0 bridgehead atoms. The van der Waals surface area contributed by atoms with Gasteiger partial charge in [-0.15, -0.1) is 0 Å². The molecule has 0 radical (unpaired) electrons. The van der Waals surface area contributed by atoms with Gasteiger partial charge in [0.05, 0.1) is 10.8 Å². The number of carbonyl (C=O) groups excluding carboxylic acids is 2. The van der Waals surface area contributed by atoms with E-state index >= 15 is 0 Å². The summed E-state index contributed by atoms with van der Waals surface area (Å²) in [5.41, 5.74) is 2.29. The van der Waals surface area contributed by atoms with Crippen LogP contribution in [0.2, 0.25) is 0 Å². The monoisotopic (exact) mass is 726 g/mol. The second kappa shape index (κ2) is 14.0. The van der Waals surface area contributed by atoms with Crippen LogP contribution in [0, 0.1) is 10.8 Å². The third-order valence-corrected chi connectivity index (χ3v) is 11.1. The lowest BCUT2D eigenvalue weighted by Crippen LogP contribution is -2.40. The van der Waals surface area contributed by atoms with Crippen molar-refractivity contribution in [3.8, 4) is 22.6 Å². The molecule has 2 aliphatic heterocycles. The molecular formula is C42H46O5S3. The van der Waals surface area contributed by atoms with Crippen LogP contribution < -0.4 is 4.74 Å². The summed E-state index contributed by atoms with van der Waals surface area (Å²) in [6.07, 6.45) is 2.71. The van der Waals surface area contributed by atoms with Crippen LogP contribution in [0.25, 0.3) is 11.1 Å². The standard InChI is InChI=1S/C42H46O5S3/c1-39(2,3)37(43)46-41(21-11-23-48)29-13-7-9-15-33(29)45-34-25-27(17-19-30(34)41)28-18-20-32-36(26-28)50-35-16-10-8-14-31(35)42(32,22-12-24-49)47-38(44)40(4,5)6/h7-10,13-20,25-26,48-49H,11-12,21-24H2,1-6H3. The molecule has 4 aromatic rings. The number of carbonyl (C=O) groups is 2. The molecule has 0 aliphatic carbocycles. The smallest absolute Gasteiger partial charge is 0.312 e. The maximum Gasteiger partial charge on any atom is 0.312 e. The zero-order valence-electron chi connectivity index (χ0n) is 29.7. The average molecular weight is 727 g/mol. The molecule has 0 spiro atoms. The largest absolute Gasteiger partial charge is 0.456 e. The number of hydrogen-bond acceptors (Lipinski definition) is 8. The predicted octanol–water partition coefficient (Wildman–Crippen LogP) is 11.0. The van der Waals surface area contributed by atoms with Crippen molar-refractivity contribution in [2.24, 2.45) is 10.8 Å². The molecule has 6 rings (SSSR count). The number of thiol groups is 2.